The number of allylic oxidation sites excluding steroid dienone is 5. The van der Waals surface area contributed by atoms with Crippen molar-refractivity contribution in [1.82, 2.24) is 0 Å². The molecule has 0 N–H and O–H groups in total. The minimum absolute atomic E-state index is 0. The van der Waals surface area contributed by atoms with E-state index < -0.39 is 23.2 Å². The summed E-state index contributed by atoms with van der Waals surface area (Å²) < 4.78 is 1.79. The van der Waals surface area contributed by atoms with E-state index in [4.69, 9.17) is 0 Å². The quantitative estimate of drug-likeness (QED) is 0.466. The Morgan fingerprint density at radius 2 is 1.73 bits per heavy atom. The van der Waals surface area contributed by atoms with Crippen LogP contribution in [0.25, 0.3) is 6.08 Å². The van der Waals surface area contributed by atoms with E-state index in [9.17, 15) is 0 Å². The number of rotatable bonds is 7. The minimum Gasteiger partial charge on any atom is -1.00 e. The van der Waals surface area contributed by atoms with Gasteiger partial charge in [0.1, 0.15) is 0 Å². The van der Waals surface area contributed by atoms with Gasteiger partial charge < -0.3 is 24.8 Å². The fourth-order valence-corrected chi connectivity index (χ4v) is 15.1. The average molecular weight is 541 g/mol. The Hall–Kier alpha value is 0.333. The van der Waals surface area contributed by atoms with E-state index >= 15 is 0 Å². The van der Waals surface area contributed by atoms with Gasteiger partial charge in [-0.05, 0) is 0 Å². The summed E-state index contributed by atoms with van der Waals surface area (Å²) in [4.78, 5) is 0. The molecule has 0 bridgehead atoms. The summed E-state index contributed by atoms with van der Waals surface area (Å²) in [6.07, 6.45) is 16.8. The second kappa shape index (κ2) is 12.0. The van der Waals surface area contributed by atoms with E-state index in [2.05, 4.69) is 76.3 Å². The first-order valence-electron chi connectivity index (χ1n) is 11.4. The van der Waals surface area contributed by atoms with Crippen LogP contribution in [-0.4, -0.2) is 11.3 Å². The summed E-state index contributed by atoms with van der Waals surface area (Å²) in [5.74, 6) is 0.880. The van der Waals surface area contributed by atoms with E-state index in [1.807, 2.05) is 10.9 Å². The normalized spacial score (nSPS) is 26.7. The van der Waals surface area contributed by atoms with Gasteiger partial charge in [-0.15, -0.1) is 0 Å². The second-order valence-electron chi connectivity index (χ2n) is 8.88. The van der Waals surface area contributed by atoms with Crippen molar-refractivity contribution in [2.75, 3.05) is 0 Å². The Labute approximate surface area is 209 Å². The summed E-state index contributed by atoms with van der Waals surface area (Å²) in [5.41, 5.74) is 6.78. The molecule has 162 valence electrons. The zero-order chi connectivity index (χ0) is 19.7. The molecule has 1 saturated carbocycles. The van der Waals surface area contributed by atoms with E-state index in [0.717, 1.165) is 24.5 Å². The molecule has 4 heteroatoms. The van der Waals surface area contributed by atoms with Crippen LogP contribution in [0.4, 0.5) is 0 Å². The van der Waals surface area contributed by atoms with Crippen LogP contribution in [0.2, 0.25) is 3.63 Å². The van der Waals surface area contributed by atoms with Crippen molar-refractivity contribution < 1.29 is 48.0 Å². The van der Waals surface area contributed by atoms with Gasteiger partial charge in [-0.25, -0.2) is 0 Å². The van der Waals surface area contributed by atoms with Gasteiger partial charge in [0.25, 0.3) is 0 Å². The Morgan fingerprint density at radius 3 is 2.43 bits per heavy atom. The monoisotopic (exact) mass is 538 g/mol. The molecule has 5 atom stereocenters. The molecule has 3 aliphatic carbocycles. The fraction of sp³-hybridized carbons (Fsp3) is 0.538. The van der Waals surface area contributed by atoms with Gasteiger partial charge in [-0.1, -0.05) is 0 Å². The van der Waals surface area contributed by atoms with Crippen LogP contribution in [0, 0.1) is 5.92 Å². The van der Waals surface area contributed by atoms with Crippen molar-refractivity contribution >= 4 is 14.0 Å². The van der Waals surface area contributed by atoms with Crippen molar-refractivity contribution in [2.24, 2.45) is 5.92 Å². The molecule has 0 heterocycles. The van der Waals surface area contributed by atoms with Crippen LogP contribution < -0.4 is 24.8 Å². The number of hydrogen-bond donors (Lipinski definition) is 0. The third kappa shape index (κ3) is 5.28. The van der Waals surface area contributed by atoms with Crippen LogP contribution in [0.1, 0.15) is 74.6 Å². The molecule has 0 nitrogen and oxygen atoms in total. The SMILES string of the molecule is CCC(C)P(C1=Cc2ccccc2[CH]1[Zr+2][CH]1CCC2CC=CC=C21)C(C)CC.[Cl-].[Cl-]. The Balaban J connectivity index is 0.00000160. The molecule has 0 aliphatic heterocycles. The zero-order valence-electron chi connectivity index (χ0n) is 18.7. The van der Waals surface area contributed by atoms with E-state index in [-0.39, 0.29) is 32.7 Å². The number of fused-ring (bicyclic) bond motifs is 2. The molecule has 30 heavy (non-hydrogen) atoms. The Kier molecular flexibility index (Phi) is 10.6. The molecule has 0 amide bonds. The van der Waals surface area contributed by atoms with Gasteiger partial charge in [0, 0.05) is 0 Å². The number of benzene rings is 1. The maximum Gasteiger partial charge on any atom is -1.00 e. The van der Waals surface area contributed by atoms with Crippen molar-refractivity contribution in [3.63, 3.8) is 0 Å². The molecule has 1 aromatic carbocycles. The largest absolute Gasteiger partial charge is 1.00 e. The van der Waals surface area contributed by atoms with Crippen LogP contribution in [0.15, 0.2) is 53.4 Å². The molecule has 5 unspecified atom stereocenters. The van der Waals surface area contributed by atoms with Crippen LogP contribution in [0.5, 0.6) is 0 Å². The molecule has 0 aromatic heterocycles. The van der Waals surface area contributed by atoms with E-state index in [1.165, 1.54) is 32.1 Å². The fourth-order valence-electron chi connectivity index (χ4n) is 5.34. The van der Waals surface area contributed by atoms with Crippen LogP contribution in [0.3, 0.4) is 0 Å². The minimum atomic E-state index is -0.586. The maximum absolute atomic E-state index is 2.66. The van der Waals surface area contributed by atoms with Gasteiger partial charge in [-0.3, -0.25) is 0 Å². The van der Waals surface area contributed by atoms with Crippen LogP contribution in [-0.2, 0) is 23.2 Å². The molecular weight excluding hydrogens is 505 g/mol. The standard InChI is InChI=1S/C17H24P.C9H11.2ClH.Zr/c1-5-13(3)18(14(4)6-2)17-11-15-9-7-8-10-16(15)12-17;1-2-5-9-7-3-6-8(9)4-1;;;/h7-14H,5-6H2,1-4H3;1-2,4,6,9H,3,5,7H2;2*1H;/q;;;;+2/p-2. The zero-order valence-corrected chi connectivity index (χ0v) is 23.6. The summed E-state index contributed by atoms with van der Waals surface area (Å²) >= 11 is -0.586. The summed E-state index contributed by atoms with van der Waals surface area (Å²) in [6.45, 7) is 9.87. The van der Waals surface area contributed by atoms with Gasteiger partial charge in [0.2, 0.25) is 0 Å². The molecular formula is C26H35Cl2PZr. The topological polar surface area (TPSA) is 0 Å². The van der Waals surface area contributed by atoms with Crippen molar-refractivity contribution in [3.8, 4) is 0 Å². The van der Waals surface area contributed by atoms with E-state index in [0.29, 0.717) is 0 Å². The van der Waals surface area contributed by atoms with Crippen molar-refractivity contribution in [3.05, 3.63) is 64.5 Å². The van der Waals surface area contributed by atoms with Gasteiger partial charge in [0.15, 0.2) is 0 Å². The smallest absolute Gasteiger partial charge is 1.00 e. The summed E-state index contributed by atoms with van der Waals surface area (Å²) in [5, 5.41) is 1.89. The molecule has 4 rings (SSSR count). The first-order valence-corrected chi connectivity index (χ1v) is 15.7. The van der Waals surface area contributed by atoms with Gasteiger partial charge >= 0.3 is 186 Å². The molecule has 1 aromatic rings. The van der Waals surface area contributed by atoms with E-state index in [1.54, 1.807) is 11.1 Å². The average Bonchev–Trinajstić information content (AvgIpc) is 3.30. The predicted molar refractivity (Wildman–Crippen MR) is 122 cm³/mol. The van der Waals surface area contributed by atoms with Gasteiger partial charge in [0.05, 0.1) is 0 Å². The Bertz CT molecular complexity index is 790. The molecule has 1 fully saturated rings. The van der Waals surface area contributed by atoms with Gasteiger partial charge in [-0.2, -0.15) is 0 Å². The Morgan fingerprint density at radius 1 is 1.03 bits per heavy atom. The molecule has 0 spiro atoms. The third-order valence-corrected chi connectivity index (χ3v) is 16.3. The molecule has 3 aliphatic rings. The predicted octanol–water partition coefficient (Wildman–Crippen LogP) is 2.34. The summed E-state index contributed by atoms with van der Waals surface area (Å²) in [6, 6.07) is 9.38. The van der Waals surface area contributed by atoms with Crippen molar-refractivity contribution in [1.29, 1.82) is 0 Å². The number of halogens is 2. The first kappa shape index (κ1) is 26.6. The third-order valence-electron chi connectivity index (χ3n) is 7.23. The second-order valence-corrected chi connectivity index (χ2v) is 15.9. The first-order chi connectivity index (χ1) is 13.6. The maximum atomic E-state index is 2.66. The molecule has 0 saturated heterocycles. The summed E-state index contributed by atoms with van der Waals surface area (Å²) in [7, 11) is -0.0393. The molecule has 0 radical (unpaired) electrons. The number of hydrogen-bond acceptors (Lipinski definition) is 0. The van der Waals surface area contributed by atoms with Crippen molar-refractivity contribution in [2.45, 2.75) is 78.4 Å². The van der Waals surface area contributed by atoms with Crippen LogP contribution >= 0.6 is 7.92 Å².